The Morgan fingerprint density at radius 1 is 1.06 bits per heavy atom. The Hall–Kier alpha value is -0.120. The molecule has 3 fully saturated rings. The van der Waals surface area contributed by atoms with Gasteiger partial charge in [-0.05, 0) is 44.9 Å². The molecule has 0 aromatic heterocycles. The van der Waals surface area contributed by atoms with Crippen LogP contribution in [0.15, 0.2) is 0 Å². The normalized spacial score (nSPS) is 54.9. The maximum absolute atomic E-state index is 10.6. The summed E-state index contributed by atoms with van der Waals surface area (Å²) < 4.78 is 12.1. The molecule has 3 aliphatic rings. The first kappa shape index (κ1) is 11.9. The van der Waals surface area contributed by atoms with Gasteiger partial charge in [-0.25, -0.2) is 0 Å². The van der Waals surface area contributed by atoms with Gasteiger partial charge in [0, 0.05) is 6.42 Å². The van der Waals surface area contributed by atoms with Gasteiger partial charge >= 0.3 is 0 Å². The van der Waals surface area contributed by atoms with Crippen molar-refractivity contribution >= 4 is 0 Å². The number of hydrogen-bond donors (Lipinski definition) is 1. The Labute approximate surface area is 103 Å². The summed E-state index contributed by atoms with van der Waals surface area (Å²) in [4.78, 5) is 0. The molecular weight excluding hydrogens is 216 g/mol. The molecule has 1 spiro atoms. The highest BCUT2D eigenvalue weighted by Gasteiger charge is 2.54. The molecule has 0 aromatic rings. The minimum Gasteiger partial charge on any atom is -0.387 e. The smallest absolute Gasteiger partial charge is 0.195 e. The molecule has 3 nitrogen and oxygen atoms in total. The SMILES string of the molecule is C[C@@H]1C[C@@H](C)OC2(C[C@@H]3CCC[C@@H](C3)[C@@H]2O)O1. The van der Waals surface area contributed by atoms with Crippen molar-refractivity contribution in [2.24, 2.45) is 11.8 Å². The van der Waals surface area contributed by atoms with Gasteiger partial charge in [0.05, 0.1) is 12.2 Å². The van der Waals surface area contributed by atoms with Gasteiger partial charge in [-0.1, -0.05) is 12.8 Å². The van der Waals surface area contributed by atoms with Gasteiger partial charge in [-0.2, -0.15) is 0 Å². The monoisotopic (exact) mass is 240 g/mol. The van der Waals surface area contributed by atoms with E-state index in [0.29, 0.717) is 11.8 Å². The second-order valence-corrected chi connectivity index (χ2v) is 6.35. The zero-order chi connectivity index (χ0) is 12.0. The van der Waals surface area contributed by atoms with Crippen LogP contribution < -0.4 is 0 Å². The first-order chi connectivity index (χ1) is 8.09. The number of hydrogen-bond acceptors (Lipinski definition) is 3. The lowest BCUT2D eigenvalue weighted by molar-refractivity contribution is -0.370. The molecule has 5 atom stereocenters. The Balaban J connectivity index is 1.84. The van der Waals surface area contributed by atoms with Crippen LogP contribution in [0, 0.1) is 11.8 Å². The Morgan fingerprint density at radius 3 is 2.47 bits per heavy atom. The third-order valence-corrected chi connectivity index (χ3v) is 4.76. The molecule has 0 radical (unpaired) electrons. The number of ether oxygens (including phenoxy) is 2. The summed E-state index contributed by atoms with van der Waals surface area (Å²) in [5, 5.41) is 10.6. The van der Waals surface area contributed by atoms with E-state index in [9.17, 15) is 5.11 Å². The van der Waals surface area contributed by atoms with Crippen LogP contribution in [0.1, 0.15) is 52.4 Å². The van der Waals surface area contributed by atoms with Crippen LogP contribution in [0.2, 0.25) is 0 Å². The van der Waals surface area contributed by atoms with E-state index in [1.807, 2.05) is 0 Å². The zero-order valence-electron chi connectivity index (χ0n) is 10.9. The van der Waals surface area contributed by atoms with Crippen molar-refractivity contribution < 1.29 is 14.6 Å². The molecule has 3 heteroatoms. The highest BCUT2D eigenvalue weighted by atomic mass is 16.7. The minimum absolute atomic E-state index is 0.201. The van der Waals surface area contributed by atoms with Gasteiger partial charge in [-0.15, -0.1) is 0 Å². The minimum atomic E-state index is -0.689. The molecule has 0 amide bonds. The van der Waals surface area contributed by atoms with E-state index in [1.165, 1.54) is 19.3 Å². The van der Waals surface area contributed by atoms with Crippen molar-refractivity contribution in [2.45, 2.75) is 76.5 Å². The predicted octanol–water partition coefficient (Wildman–Crippen LogP) is 2.47. The maximum atomic E-state index is 10.6. The lowest BCUT2D eigenvalue weighted by atomic mass is 9.67. The van der Waals surface area contributed by atoms with Crippen molar-refractivity contribution in [3.8, 4) is 0 Å². The lowest BCUT2D eigenvalue weighted by Crippen LogP contribution is -2.61. The van der Waals surface area contributed by atoms with Gasteiger partial charge in [-0.3, -0.25) is 0 Å². The summed E-state index contributed by atoms with van der Waals surface area (Å²) in [6, 6.07) is 0. The molecule has 1 saturated heterocycles. The van der Waals surface area contributed by atoms with E-state index in [1.54, 1.807) is 0 Å². The fourth-order valence-electron chi connectivity index (χ4n) is 4.20. The van der Waals surface area contributed by atoms with Crippen LogP contribution in [0.25, 0.3) is 0 Å². The van der Waals surface area contributed by atoms with Crippen molar-refractivity contribution in [3.05, 3.63) is 0 Å². The second kappa shape index (κ2) is 4.22. The molecule has 2 bridgehead atoms. The molecule has 2 saturated carbocycles. The number of fused-ring (bicyclic) bond motifs is 2. The second-order valence-electron chi connectivity index (χ2n) is 6.35. The fourth-order valence-corrected chi connectivity index (χ4v) is 4.20. The molecule has 1 heterocycles. The molecule has 1 aliphatic heterocycles. The van der Waals surface area contributed by atoms with Crippen molar-refractivity contribution in [1.82, 2.24) is 0 Å². The zero-order valence-corrected chi connectivity index (χ0v) is 10.9. The molecule has 0 aromatic carbocycles. The molecule has 98 valence electrons. The van der Waals surface area contributed by atoms with Crippen LogP contribution in [0.3, 0.4) is 0 Å². The quantitative estimate of drug-likeness (QED) is 0.707. The van der Waals surface area contributed by atoms with Gasteiger partial charge in [0.15, 0.2) is 5.79 Å². The van der Waals surface area contributed by atoms with E-state index in [4.69, 9.17) is 9.47 Å². The third kappa shape index (κ3) is 2.02. The third-order valence-electron chi connectivity index (χ3n) is 4.76. The highest BCUT2D eigenvalue weighted by Crippen LogP contribution is 2.49. The number of aliphatic hydroxyl groups excluding tert-OH is 1. The highest BCUT2D eigenvalue weighted by molar-refractivity contribution is 4.97. The summed E-state index contributed by atoms with van der Waals surface area (Å²) in [7, 11) is 0. The topological polar surface area (TPSA) is 38.7 Å². The standard InChI is InChI=1S/C14H24O3/c1-9-6-10(2)17-14(16-9)8-11-4-3-5-12(7-11)13(14)15/h9-13,15H,3-8H2,1-2H3/t9-,10-,11-,12+,13+/m1/s1. The van der Waals surface area contributed by atoms with Crippen molar-refractivity contribution in [3.63, 3.8) is 0 Å². The Kier molecular flexibility index (Phi) is 2.96. The van der Waals surface area contributed by atoms with Gasteiger partial charge < -0.3 is 14.6 Å². The number of rotatable bonds is 0. The summed E-state index contributed by atoms with van der Waals surface area (Å²) in [5.41, 5.74) is 0. The molecular formula is C14H24O3. The van der Waals surface area contributed by atoms with Crippen molar-refractivity contribution in [1.29, 1.82) is 0 Å². The Bertz CT molecular complexity index is 281. The van der Waals surface area contributed by atoms with E-state index >= 15 is 0 Å². The Morgan fingerprint density at radius 2 is 1.76 bits per heavy atom. The molecule has 17 heavy (non-hydrogen) atoms. The lowest BCUT2D eigenvalue weighted by Gasteiger charge is -2.53. The van der Waals surface area contributed by atoms with Gasteiger partial charge in [0.2, 0.25) is 0 Å². The van der Waals surface area contributed by atoms with Crippen molar-refractivity contribution in [2.75, 3.05) is 0 Å². The first-order valence-electron chi connectivity index (χ1n) is 7.13. The summed E-state index contributed by atoms with van der Waals surface area (Å²) in [5.74, 6) is 0.389. The van der Waals surface area contributed by atoms with E-state index in [2.05, 4.69) is 13.8 Å². The van der Waals surface area contributed by atoms with E-state index in [0.717, 1.165) is 19.3 Å². The van der Waals surface area contributed by atoms with Crippen LogP contribution in [-0.2, 0) is 9.47 Å². The number of aliphatic hydroxyl groups is 1. The summed E-state index contributed by atoms with van der Waals surface area (Å²) in [6.07, 6.45) is 6.63. The maximum Gasteiger partial charge on any atom is 0.195 e. The van der Waals surface area contributed by atoms with Crippen LogP contribution in [0.5, 0.6) is 0 Å². The molecule has 2 aliphatic carbocycles. The largest absolute Gasteiger partial charge is 0.387 e. The van der Waals surface area contributed by atoms with E-state index < -0.39 is 11.9 Å². The van der Waals surface area contributed by atoms with Gasteiger partial charge in [0.25, 0.3) is 0 Å². The van der Waals surface area contributed by atoms with Crippen LogP contribution in [0.4, 0.5) is 0 Å². The first-order valence-corrected chi connectivity index (χ1v) is 7.13. The predicted molar refractivity (Wildman–Crippen MR) is 64.5 cm³/mol. The van der Waals surface area contributed by atoms with Crippen LogP contribution in [-0.4, -0.2) is 29.2 Å². The summed E-state index contributed by atoms with van der Waals surface area (Å²) >= 11 is 0. The fraction of sp³-hybridized carbons (Fsp3) is 1.00. The molecule has 3 rings (SSSR count). The molecule has 0 unspecified atom stereocenters. The average Bonchev–Trinajstić information content (AvgIpc) is 2.25. The van der Waals surface area contributed by atoms with E-state index in [-0.39, 0.29) is 12.2 Å². The summed E-state index contributed by atoms with van der Waals surface area (Å²) in [6.45, 7) is 4.19. The van der Waals surface area contributed by atoms with Gasteiger partial charge in [0.1, 0.15) is 6.10 Å². The van der Waals surface area contributed by atoms with Crippen LogP contribution >= 0.6 is 0 Å². The molecule has 1 N–H and O–H groups in total. The average molecular weight is 240 g/mol.